The van der Waals surface area contributed by atoms with Gasteiger partial charge in [0.1, 0.15) is 5.82 Å². The molecule has 0 aliphatic carbocycles. The minimum absolute atomic E-state index is 0.0701. The van der Waals surface area contributed by atoms with Gasteiger partial charge in [0.15, 0.2) is 0 Å². The fourth-order valence-corrected chi connectivity index (χ4v) is 1.50. The fraction of sp³-hybridized carbons (Fsp3) is 0.364. The summed E-state index contributed by atoms with van der Waals surface area (Å²) in [7, 11) is 0. The lowest BCUT2D eigenvalue weighted by Gasteiger charge is -2.16. The minimum Gasteiger partial charge on any atom is -0.464 e. The average Bonchev–Trinajstić information content (AvgIpc) is 2.31. The number of esters is 1. The zero-order valence-corrected chi connectivity index (χ0v) is 10.7. The van der Waals surface area contributed by atoms with Crippen molar-refractivity contribution in [3.63, 3.8) is 0 Å². The molecule has 1 aromatic rings. The van der Waals surface area contributed by atoms with Crippen LogP contribution in [0.15, 0.2) is 22.7 Å². The molecule has 2 N–H and O–H groups in total. The molecule has 0 bridgehead atoms. The maximum atomic E-state index is 13.6. The third-order valence-corrected chi connectivity index (χ3v) is 2.80. The molecule has 0 amide bonds. The van der Waals surface area contributed by atoms with Crippen molar-refractivity contribution in [1.82, 2.24) is 0 Å². The summed E-state index contributed by atoms with van der Waals surface area (Å²) in [5.41, 5.74) is 5.73. The van der Waals surface area contributed by atoms with Crippen LogP contribution in [0.2, 0.25) is 0 Å². The molecule has 0 aromatic heterocycles. The Labute approximate surface area is 106 Å². The molecule has 0 heterocycles. The number of alkyl halides is 1. The van der Waals surface area contributed by atoms with Crippen LogP contribution in [0.5, 0.6) is 0 Å². The van der Waals surface area contributed by atoms with Gasteiger partial charge in [0.2, 0.25) is 6.17 Å². The van der Waals surface area contributed by atoms with Crippen molar-refractivity contribution in [3.8, 4) is 0 Å². The van der Waals surface area contributed by atoms with Crippen molar-refractivity contribution in [3.05, 3.63) is 34.1 Å². The predicted molar refractivity (Wildman–Crippen MR) is 62.6 cm³/mol. The maximum Gasteiger partial charge on any atom is 0.342 e. The van der Waals surface area contributed by atoms with E-state index in [1.54, 1.807) is 6.92 Å². The second kappa shape index (κ2) is 6.07. The van der Waals surface area contributed by atoms with E-state index in [0.717, 1.165) is 6.07 Å². The van der Waals surface area contributed by atoms with Crippen LogP contribution in [0.4, 0.5) is 8.78 Å². The Balaban J connectivity index is 2.84. The lowest BCUT2D eigenvalue weighted by molar-refractivity contribution is -0.149. The van der Waals surface area contributed by atoms with Crippen LogP contribution >= 0.6 is 15.9 Å². The zero-order chi connectivity index (χ0) is 13.0. The number of hydrogen-bond acceptors (Lipinski definition) is 3. The second-order valence-electron chi connectivity index (χ2n) is 3.35. The van der Waals surface area contributed by atoms with Gasteiger partial charge in [-0.25, -0.2) is 13.6 Å². The first kappa shape index (κ1) is 14.1. The van der Waals surface area contributed by atoms with E-state index in [2.05, 4.69) is 20.7 Å². The molecular weight excluding hydrogens is 296 g/mol. The van der Waals surface area contributed by atoms with Crippen LogP contribution < -0.4 is 5.73 Å². The summed E-state index contributed by atoms with van der Waals surface area (Å²) in [6.45, 7) is 1.64. The van der Waals surface area contributed by atoms with Crippen molar-refractivity contribution >= 4 is 21.9 Å². The van der Waals surface area contributed by atoms with Crippen LogP contribution in [0, 0.1) is 5.82 Å². The average molecular weight is 308 g/mol. The largest absolute Gasteiger partial charge is 0.464 e. The summed E-state index contributed by atoms with van der Waals surface area (Å²) >= 11 is 2.97. The standard InChI is InChI=1S/C11H12BrF2NO2/c1-2-17-11(16)9(14)10(15)6-3-4-7(12)8(13)5-6/h3-5,9-10H,2,15H2,1H3/t9?,10-/m1/s1. The zero-order valence-electron chi connectivity index (χ0n) is 9.12. The van der Waals surface area contributed by atoms with Crippen molar-refractivity contribution < 1.29 is 18.3 Å². The highest BCUT2D eigenvalue weighted by molar-refractivity contribution is 9.10. The molecule has 17 heavy (non-hydrogen) atoms. The first-order chi connectivity index (χ1) is 7.97. The Kier molecular flexibility index (Phi) is 5.02. The molecule has 94 valence electrons. The van der Waals surface area contributed by atoms with E-state index in [1.807, 2.05) is 0 Å². The Hall–Kier alpha value is -1.01. The topological polar surface area (TPSA) is 52.3 Å². The molecule has 0 aliphatic heterocycles. The highest BCUT2D eigenvalue weighted by Gasteiger charge is 2.28. The van der Waals surface area contributed by atoms with E-state index in [0.29, 0.717) is 0 Å². The molecule has 2 atom stereocenters. The normalized spacial score (nSPS) is 14.2. The molecule has 0 radical (unpaired) electrons. The van der Waals surface area contributed by atoms with Gasteiger partial charge in [0.25, 0.3) is 0 Å². The van der Waals surface area contributed by atoms with Crippen molar-refractivity contribution in [1.29, 1.82) is 0 Å². The maximum absolute atomic E-state index is 13.6. The molecule has 0 aliphatic rings. The molecule has 1 unspecified atom stereocenters. The summed E-state index contributed by atoms with van der Waals surface area (Å²) in [4.78, 5) is 11.1. The number of carbonyl (C=O) groups is 1. The number of carbonyl (C=O) groups excluding carboxylic acids is 1. The molecule has 6 heteroatoms. The van der Waals surface area contributed by atoms with Crippen molar-refractivity contribution in [2.75, 3.05) is 6.61 Å². The van der Waals surface area contributed by atoms with E-state index < -0.39 is 24.0 Å². The quantitative estimate of drug-likeness (QED) is 0.870. The van der Waals surface area contributed by atoms with Gasteiger partial charge in [-0.2, -0.15) is 0 Å². The van der Waals surface area contributed by atoms with Gasteiger partial charge in [0, 0.05) is 0 Å². The van der Waals surface area contributed by atoms with Crippen LogP contribution in [-0.2, 0) is 9.53 Å². The summed E-state index contributed by atoms with van der Waals surface area (Å²) in [5, 5.41) is 0. The van der Waals surface area contributed by atoms with Gasteiger partial charge < -0.3 is 10.5 Å². The third-order valence-electron chi connectivity index (χ3n) is 2.16. The van der Waals surface area contributed by atoms with Crippen molar-refractivity contribution in [2.24, 2.45) is 5.73 Å². The van der Waals surface area contributed by atoms with Crippen LogP contribution in [-0.4, -0.2) is 18.7 Å². The molecule has 1 aromatic carbocycles. The molecule has 0 saturated heterocycles. The van der Waals surface area contributed by atoms with Gasteiger partial charge in [-0.15, -0.1) is 0 Å². The number of rotatable bonds is 4. The number of benzene rings is 1. The highest BCUT2D eigenvalue weighted by Crippen LogP contribution is 2.23. The summed E-state index contributed by atoms with van der Waals surface area (Å²) in [5.74, 6) is -1.60. The third kappa shape index (κ3) is 3.47. The first-order valence-electron chi connectivity index (χ1n) is 4.98. The van der Waals surface area contributed by atoms with E-state index in [1.165, 1.54) is 12.1 Å². The monoisotopic (exact) mass is 307 g/mol. The fourth-order valence-electron chi connectivity index (χ4n) is 1.26. The highest BCUT2D eigenvalue weighted by atomic mass is 79.9. The van der Waals surface area contributed by atoms with E-state index >= 15 is 0 Å². The van der Waals surface area contributed by atoms with Crippen LogP contribution in [0.1, 0.15) is 18.5 Å². The van der Waals surface area contributed by atoms with Gasteiger partial charge in [0.05, 0.1) is 17.1 Å². The van der Waals surface area contributed by atoms with E-state index in [9.17, 15) is 13.6 Å². The first-order valence-corrected chi connectivity index (χ1v) is 5.78. The summed E-state index contributed by atoms with van der Waals surface area (Å²) in [6.07, 6.45) is -2.00. The van der Waals surface area contributed by atoms with Crippen molar-refractivity contribution in [2.45, 2.75) is 19.1 Å². The molecule has 3 nitrogen and oxygen atoms in total. The van der Waals surface area contributed by atoms with Gasteiger partial charge in [-0.3, -0.25) is 0 Å². The van der Waals surface area contributed by atoms with Crippen LogP contribution in [0.25, 0.3) is 0 Å². The lowest BCUT2D eigenvalue weighted by Crippen LogP contribution is -2.31. The number of hydrogen-bond donors (Lipinski definition) is 1. The van der Waals surface area contributed by atoms with E-state index in [-0.39, 0.29) is 16.6 Å². The SMILES string of the molecule is CCOC(=O)C(F)[C@H](N)c1ccc(Br)c(F)c1. The smallest absolute Gasteiger partial charge is 0.342 e. The van der Waals surface area contributed by atoms with Gasteiger partial charge >= 0.3 is 5.97 Å². The summed E-state index contributed by atoms with van der Waals surface area (Å²) < 4.78 is 31.5. The Morgan fingerprint density at radius 2 is 2.24 bits per heavy atom. The lowest BCUT2D eigenvalue weighted by atomic mass is 10.0. The van der Waals surface area contributed by atoms with Gasteiger partial charge in [-0.05, 0) is 40.5 Å². The number of ether oxygens (including phenoxy) is 1. The molecular formula is C11H12BrF2NO2. The Bertz CT molecular complexity index is 414. The molecule has 0 saturated carbocycles. The molecule has 1 rings (SSSR count). The van der Waals surface area contributed by atoms with E-state index in [4.69, 9.17) is 5.73 Å². The Morgan fingerprint density at radius 3 is 2.76 bits per heavy atom. The number of nitrogens with two attached hydrogens (primary N) is 1. The Morgan fingerprint density at radius 1 is 1.59 bits per heavy atom. The second-order valence-corrected chi connectivity index (χ2v) is 4.21. The summed E-state index contributed by atoms with van der Waals surface area (Å²) in [6, 6.07) is 2.70. The van der Waals surface area contributed by atoms with Gasteiger partial charge in [-0.1, -0.05) is 6.07 Å². The molecule has 0 fully saturated rings. The number of halogens is 3. The minimum atomic E-state index is -2.00. The van der Waals surface area contributed by atoms with Crippen LogP contribution in [0.3, 0.4) is 0 Å². The molecule has 0 spiro atoms. The predicted octanol–water partition coefficient (Wildman–Crippen LogP) is 2.49.